The molecule has 3 heterocycles. The average Bonchev–Trinajstić information content (AvgIpc) is 3.46. The zero-order chi connectivity index (χ0) is 22.9. The first kappa shape index (κ1) is 20.7. The number of nitrogens with zero attached hydrogens (tertiary/aromatic N) is 5. The molecule has 1 aliphatic rings. The fourth-order valence-electron chi connectivity index (χ4n) is 4.45. The van der Waals surface area contributed by atoms with E-state index in [9.17, 15) is 9.59 Å². The van der Waals surface area contributed by atoms with Crippen LogP contribution >= 0.6 is 0 Å². The molecule has 0 spiro atoms. The fourth-order valence-corrected chi connectivity index (χ4v) is 4.45. The number of rotatable bonds is 4. The van der Waals surface area contributed by atoms with Gasteiger partial charge in [-0.2, -0.15) is 10.4 Å². The van der Waals surface area contributed by atoms with Gasteiger partial charge in [0.2, 0.25) is 0 Å². The van der Waals surface area contributed by atoms with Crippen molar-refractivity contribution in [1.29, 1.82) is 5.26 Å². The number of nitriles is 1. The zero-order valence-corrected chi connectivity index (χ0v) is 18.1. The number of carbonyl (C=O) groups is 2. The zero-order valence-electron chi connectivity index (χ0n) is 18.1. The molecule has 33 heavy (non-hydrogen) atoms. The van der Waals surface area contributed by atoms with E-state index in [1.165, 1.54) is 10.8 Å². The molecule has 0 unspecified atom stereocenters. The highest BCUT2D eigenvalue weighted by molar-refractivity contribution is 6.00. The molecule has 3 aromatic heterocycles. The molecule has 166 valence electrons. The number of aromatic nitrogens is 4. The van der Waals surface area contributed by atoms with Crippen molar-refractivity contribution >= 4 is 39.9 Å². The summed E-state index contributed by atoms with van der Waals surface area (Å²) in [5, 5.41) is 18.3. The highest BCUT2D eigenvalue weighted by atomic mass is 16.5. The summed E-state index contributed by atoms with van der Waals surface area (Å²) in [6.45, 7) is 0. The summed E-state index contributed by atoms with van der Waals surface area (Å²) in [7, 11) is 1.55. The Labute approximate surface area is 189 Å². The highest BCUT2D eigenvalue weighted by Gasteiger charge is 2.23. The third kappa shape index (κ3) is 3.80. The van der Waals surface area contributed by atoms with Gasteiger partial charge >= 0.3 is 6.03 Å². The van der Waals surface area contributed by atoms with Crippen LogP contribution in [0.1, 0.15) is 37.3 Å². The Hall–Kier alpha value is -4.19. The van der Waals surface area contributed by atoms with Crippen molar-refractivity contribution in [2.75, 3.05) is 12.4 Å². The van der Waals surface area contributed by atoms with Crippen LogP contribution in [-0.2, 0) is 4.79 Å². The summed E-state index contributed by atoms with van der Waals surface area (Å²) in [6.07, 6.45) is 9.68. The van der Waals surface area contributed by atoms with E-state index in [2.05, 4.69) is 10.3 Å². The minimum atomic E-state index is -0.389. The molecule has 0 radical (unpaired) electrons. The van der Waals surface area contributed by atoms with Crippen LogP contribution in [0.4, 0.5) is 10.5 Å². The maximum atomic E-state index is 13.0. The van der Waals surface area contributed by atoms with Crippen LogP contribution in [0.25, 0.3) is 21.9 Å². The van der Waals surface area contributed by atoms with Crippen molar-refractivity contribution in [1.82, 2.24) is 19.3 Å². The van der Waals surface area contributed by atoms with E-state index in [0.717, 1.165) is 42.9 Å². The predicted octanol–water partition coefficient (Wildman–Crippen LogP) is 4.28. The van der Waals surface area contributed by atoms with E-state index >= 15 is 0 Å². The number of pyridine rings is 1. The SMILES string of the molecule is COc1cc2nn(C3CCC(C=O)CC3)cc2cc1NC(=O)n1ccc2cc(C#N)cnc21. The summed E-state index contributed by atoms with van der Waals surface area (Å²) in [5.74, 6) is 0.654. The lowest BCUT2D eigenvalue weighted by molar-refractivity contribution is -0.112. The Morgan fingerprint density at radius 2 is 2.06 bits per heavy atom. The Morgan fingerprint density at radius 1 is 1.24 bits per heavy atom. The molecule has 4 aromatic rings. The molecule has 9 heteroatoms. The maximum absolute atomic E-state index is 13.0. The average molecular weight is 442 g/mol. The molecule has 1 saturated carbocycles. The molecule has 0 bridgehead atoms. The monoisotopic (exact) mass is 442 g/mol. The molecular formula is C24H22N6O3. The molecule has 0 aliphatic heterocycles. The molecule has 1 amide bonds. The summed E-state index contributed by atoms with van der Waals surface area (Å²) in [5.41, 5.74) is 2.20. The number of amides is 1. The number of hydrogen-bond acceptors (Lipinski definition) is 6. The third-order valence-corrected chi connectivity index (χ3v) is 6.27. The second-order valence-corrected chi connectivity index (χ2v) is 8.29. The number of ether oxygens (including phenoxy) is 1. The molecule has 0 saturated heterocycles. The Morgan fingerprint density at radius 3 is 2.79 bits per heavy atom. The molecular weight excluding hydrogens is 420 g/mol. The van der Waals surface area contributed by atoms with E-state index in [0.29, 0.717) is 28.0 Å². The first-order valence-corrected chi connectivity index (χ1v) is 10.8. The molecule has 1 fully saturated rings. The van der Waals surface area contributed by atoms with Crippen LogP contribution in [0.15, 0.2) is 42.9 Å². The highest BCUT2D eigenvalue weighted by Crippen LogP contribution is 2.34. The Kier molecular flexibility index (Phi) is 5.26. The van der Waals surface area contributed by atoms with Crippen molar-refractivity contribution in [2.24, 2.45) is 5.92 Å². The molecule has 1 N–H and O–H groups in total. The van der Waals surface area contributed by atoms with Gasteiger partial charge in [-0.05, 0) is 43.9 Å². The summed E-state index contributed by atoms with van der Waals surface area (Å²) in [6, 6.07) is 9.00. The van der Waals surface area contributed by atoms with Gasteiger partial charge in [-0.1, -0.05) is 0 Å². The minimum absolute atomic E-state index is 0.152. The molecule has 0 atom stereocenters. The van der Waals surface area contributed by atoms with Crippen LogP contribution in [0.2, 0.25) is 0 Å². The van der Waals surface area contributed by atoms with E-state index in [1.807, 2.05) is 29.1 Å². The molecule has 9 nitrogen and oxygen atoms in total. The molecule has 1 aliphatic carbocycles. The second kappa shape index (κ2) is 8.39. The summed E-state index contributed by atoms with van der Waals surface area (Å²) >= 11 is 0. The van der Waals surface area contributed by atoms with Gasteiger partial charge in [-0.3, -0.25) is 9.25 Å². The van der Waals surface area contributed by atoms with Crippen LogP contribution in [0.5, 0.6) is 5.75 Å². The van der Waals surface area contributed by atoms with Crippen molar-refractivity contribution in [3.05, 3.63) is 48.4 Å². The lowest BCUT2D eigenvalue weighted by Gasteiger charge is -2.25. The molecule has 1 aromatic carbocycles. The van der Waals surface area contributed by atoms with Crippen molar-refractivity contribution in [2.45, 2.75) is 31.7 Å². The number of methoxy groups -OCH3 is 1. The minimum Gasteiger partial charge on any atom is -0.494 e. The number of anilines is 1. The lowest BCUT2D eigenvalue weighted by Crippen LogP contribution is -2.19. The maximum Gasteiger partial charge on any atom is 0.331 e. The second-order valence-electron chi connectivity index (χ2n) is 8.29. The van der Waals surface area contributed by atoms with Crippen molar-refractivity contribution in [3.63, 3.8) is 0 Å². The predicted molar refractivity (Wildman–Crippen MR) is 122 cm³/mol. The van der Waals surface area contributed by atoms with Gasteiger partial charge in [0, 0.05) is 41.3 Å². The van der Waals surface area contributed by atoms with Gasteiger partial charge in [0.25, 0.3) is 0 Å². The lowest BCUT2D eigenvalue weighted by atomic mass is 9.87. The normalized spacial score (nSPS) is 18.2. The number of hydrogen-bond donors (Lipinski definition) is 1. The van der Waals surface area contributed by atoms with E-state index in [4.69, 9.17) is 15.1 Å². The van der Waals surface area contributed by atoms with Crippen LogP contribution < -0.4 is 10.1 Å². The number of aldehydes is 1. The van der Waals surface area contributed by atoms with Gasteiger partial charge < -0.3 is 14.8 Å². The Balaban J connectivity index is 1.42. The largest absolute Gasteiger partial charge is 0.494 e. The summed E-state index contributed by atoms with van der Waals surface area (Å²) < 4.78 is 8.87. The number of fused-ring (bicyclic) bond motifs is 2. The van der Waals surface area contributed by atoms with Crippen LogP contribution in [0.3, 0.4) is 0 Å². The van der Waals surface area contributed by atoms with Crippen LogP contribution in [-0.4, -0.2) is 38.8 Å². The van der Waals surface area contributed by atoms with Gasteiger partial charge in [0.1, 0.15) is 23.8 Å². The third-order valence-electron chi connectivity index (χ3n) is 6.27. The molecule has 5 rings (SSSR count). The first-order valence-electron chi connectivity index (χ1n) is 10.8. The van der Waals surface area contributed by atoms with Gasteiger partial charge in [0.15, 0.2) is 0 Å². The number of carbonyl (C=O) groups excluding carboxylic acids is 2. The van der Waals surface area contributed by atoms with Gasteiger partial charge in [-0.15, -0.1) is 0 Å². The smallest absolute Gasteiger partial charge is 0.331 e. The quantitative estimate of drug-likeness (QED) is 0.472. The van der Waals surface area contributed by atoms with E-state index in [1.54, 1.807) is 25.4 Å². The number of nitrogens with one attached hydrogen (secondary N) is 1. The topological polar surface area (TPSA) is 115 Å². The summed E-state index contributed by atoms with van der Waals surface area (Å²) in [4.78, 5) is 28.3. The van der Waals surface area contributed by atoms with Crippen LogP contribution in [0, 0.1) is 17.2 Å². The van der Waals surface area contributed by atoms with Crippen molar-refractivity contribution < 1.29 is 14.3 Å². The van der Waals surface area contributed by atoms with Gasteiger partial charge in [-0.25, -0.2) is 9.78 Å². The number of benzene rings is 1. The van der Waals surface area contributed by atoms with Gasteiger partial charge in [0.05, 0.1) is 29.9 Å². The first-order chi connectivity index (χ1) is 16.1. The van der Waals surface area contributed by atoms with E-state index < -0.39 is 0 Å². The standard InChI is InChI=1S/C24H22N6O3/c1-33-22-10-20-18(13-30(28-20)19-4-2-15(14-31)3-5-19)9-21(22)27-24(32)29-7-6-17-8-16(11-25)12-26-23(17)29/h6-10,12-15,19H,2-5H2,1H3,(H,27,32). The van der Waals surface area contributed by atoms with E-state index in [-0.39, 0.29) is 18.0 Å². The Bertz CT molecular complexity index is 1410. The fraction of sp³-hybridized carbons (Fsp3) is 0.292. The van der Waals surface area contributed by atoms with Crippen molar-refractivity contribution in [3.8, 4) is 11.8 Å².